The second kappa shape index (κ2) is 7.64. The molecule has 0 aliphatic carbocycles. The smallest absolute Gasteiger partial charge is 0.396 e. The van der Waals surface area contributed by atoms with Crippen LogP contribution in [0.4, 0.5) is 13.2 Å². The van der Waals surface area contributed by atoms with Crippen molar-refractivity contribution in [3.8, 4) is 0 Å². The molecule has 1 saturated heterocycles. The summed E-state index contributed by atoms with van der Waals surface area (Å²) < 4.78 is 39.1. The van der Waals surface area contributed by atoms with Gasteiger partial charge in [0.2, 0.25) is 0 Å². The summed E-state index contributed by atoms with van der Waals surface area (Å²) in [6, 6.07) is 3.98. The average Bonchev–Trinajstić information content (AvgIpc) is 2.49. The fourth-order valence-corrected chi connectivity index (χ4v) is 3.03. The number of piperazine rings is 1. The fourth-order valence-electron chi connectivity index (χ4n) is 2.81. The van der Waals surface area contributed by atoms with Crippen LogP contribution >= 0.6 is 11.6 Å². The van der Waals surface area contributed by atoms with Crippen molar-refractivity contribution in [1.29, 1.82) is 0 Å². The molecule has 1 aromatic carbocycles. The highest BCUT2D eigenvalue weighted by molar-refractivity contribution is 6.31. The molecule has 7 heteroatoms. The Morgan fingerprint density at radius 1 is 1.27 bits per heavy atom. The fraction of sp³-hybridized carbons (Fsp3) is 0.600. The lowest BCUT2D eigenvalue weighted by atomic mass is 9.97. The number of hydrogen-bond donors (Lipinski definition) is 2. The second-order valence-corrected chi connectivity index (χ2v) is 5.81. The maximum atomic E-state index is 13.0. The first-order valence-electron chi connectivity index (χ1n) is 7.35. The van der Waals surface area contributed by atoms with E-state index in [9.17, 15) is 13.2 Å². The molecular formula is C15H20ClF3N2O. The van der Waals surface area contributed by atoms with Crippen molar-refractivity contribution < 1.29 is 18.3 Å². The summed E-state index contributed by atoms with van der Waals surface area (Å²) in [6.45, 7) is 3.22. The molecule has 2 rings (SSSR count). The van der Waals surface area contributed by atoms with E-state index in [4.69, 9.17) is 16.7 Å². The first-order valence-corrected chi connectivity index (χ1v) is 7.73. The lowest BCUT2D eigenvalue weighted by Gasteiger charge is -2.35. The third-order valence-electron chi connectivity index (χ3n) is 3.91. The van der Waals surface area contributed by atoms with E-state index in [1.807, 2.05) is 0 Å². The summed E-state index contributed by atoms with van der Waals surface area (Å²) in [5, 5.41) is 12.0. The number of aliphatic hydroxyl groups excluding tert-OH is 1. The molecule has 1 aliphatic rings. The van der Waals surface area contributed by atoms with Crippen LogP contribution in [-0.4, -0.2) is 42.8 Å². The SMILES string of the molecule is OCCC[C@H](c1ccc(Cl)c(C(F)(F)F)c1)N1CCNCC1. The predicted octanol–water partition coefficient (Wildman–Crippen LogP) is 3.08. The van der Waals surface area contributed by atoms with E-state index in [0.717, 1.165) is 32.2 Å². The third-order valence-corrected chi connectivity index (χ3v) is 4.24. The highest BCUT2D eigenvalue weighted by Crippen LogP contribution is 2.37. The van der Waals surface area contributed by atoms with Crippen LogP contribution in [0.1, 0.15) is 30.0 Å². The molecule has 0 radical (unpaired) electrons. The Hall–Kier alpha value is -0.820. The van der Waals surface area contributed by atoms with Gasteiger partial charge in [-0.15, -0.1) is 0 Å². The summed E-state index contributed by atoms with van der Waals surface area (Å²) in [6.07, 6.45) is -3.29. The van der Waals surface area contributed by atoms with Gasteiger partial charge in [-0.3, -0.25) is 4.90 Å². The lowest BCUT2D eigenvalue weighted by Crippen LogP contribution is -2.45. The summed E-state index contributed by atoms with van der Waals surface area (Å²) in [7, 11) is 0. The highest BCUT2D eigenvalue weighted by atomic mass is 35.5. The number of nitrogens with zero attached hydrogens (tertiary/aromatic N) is 1. The van der Waals surface area contributed by atoms with E-state index in [-0.39, 0.29) is 17.7 Å². The predicted molar refractivity (Wildman–Crippen MR) is 80.0 cm³/mol. The van der Waals surface area contributed by atoms with Gasteiger partial charge in [-0.1, -0.05) is 17.7 Å². The van der Waals surface area contributed by atoms with Crippen LogP contribution in [-0.2, 0) is 6.18 Å². The van der Waals surface area contributed by atoms with E-state index in [1.165, 1.54) is 6.07 Å². The maximum Gasteiger partial charge on any atom is 0.417 e. The van der Waals surface area contributed by atoms with Crippen LogP contribution in [0.25, 0.3) is 0 Å². The van der Waals surface area contributed by atoms with Crippen molar-refractivity contribution in [3.63, 3.8) is 0 Å². The first kappa shape index (κ1) is 17.5. The standard InChI is InChI=1S/C15H20ClF3N2O/c16-13-4-3-11(10-12(13)15(17,18)19)14(2-1-9-22)21-7-5-20-6-8-21/h3-4,10,14,20,22H,1-2,5-9H2/t14-/m1/s1. The molecule has 0 bridgehead atoms. The minimum Gasteiger partial charge on any atom is -0.396 e. The van der Waals surface area contributed by atoms with Crippen LogP contribution in [0.15, 0.2) is 18.2 Å². The number of hydrogen-bond acceptors (Lipinski definition) is 3. The van der Waals surface area contributed by atoms with Crippen LogP contribution < -0.4 is 5.32 Å². The van der Waals surface area contributed by atoms with Gasteiger partial charge in [-0.25, -0.2) is 0 Å². The van der Waals surface area contributed by atoms with Crippen molar-refractivity contribution in [2.75, 3.05) is 32.8 Å². The van der Waals surface area contributed by atoms with Crippen molar-refractivity contribution in [3.05, 3.63) is 34.3 Å². The van der Waals surface area contributed by atoms with Gasteiger partial charge in [0, 0.05) is 38.8 Å². The Balaban J connectivity index is 2.30. The Morgan fingerprint density at radius 2 is 1.95 bits per heavy atom. The van der Waals surface area contributed by atoms with Crippen LogP contribution in [0, 0.1) is 0 Å². The van der Waals surface area contributed by atoms with E-state index >= 15 is 0 Å². The monoisotopic (exact) mass is 336 g/mol. The zero-order valence-corrected chi connectivity index (χ0v) is 12.9. The normalized spacial score (nSPS) is 18.4. The molecule has 0 spiro atoms. The van der Waals surface area contributed by atoms with Gasteiger partial charge in [0.25, 0.3) is 0 Å². The molecule has 0 aromatic heterocycles. The Kier molecular flexibility index (Phi) is 6.09. The van der Waals surface area contributed by atoms with E-state index < -0.39 is 11.7 Å². The molecule has 22 heavy (non-hydrogen) atoms. The van der Waals surface area contributed by atoms with Crippen LogP contribution in [0.2, 0.25) is 5.02 Å². The summed E-state index contributed by atoms with van der Waals surface area (Å²) >= 11 is 5.69. The molecule has 1 atom stereocenters. The quantitative estimate of drug-likeness (QED) is 0.867. The molecular weight excluding hydrogens is 317 g/mol. The minimum absolute atomic E-state index is 0.0301. The number of rotatable bonds is 5. The number of halogens is 4. The van der Waals surface area contributed by atoms with Gasteiger partial charge in [0.15, 0.2) is 0 Å². The van der Waals surface area contributed by atoms with Crippen molar-refractivity contribution in [1.82, 2.24) is 10.2 Å². The first-order chi connectivity index (χ1) is 10.4. The van der Waals surface area contributed by atoms with Gasteiger partial charge in [0.1, 0.15) is 0 Å². The molecule has 0 saturated carbocycles. The number of alkyl halides is 3. The largest absolute Gasteiger partial charge is 0.417 e. The van der Waals surface area contributed by atoms with Gasteiger partial charge < -0.3 is 10.4 Å². The number of aliphatic hydroxyl groups is 1. The number of benzene rings is 1. The van der Waals surface area contributed by atoms with Gasteiger partial charge in [-0.05, 0) is 30.5 Å². The maximum absolute atomic E-state index is 13.0. The van der Waals surface area contributed by atoms with Gasteiger partial charge >= 0.3 is 6.18 Å². The molecule has 1 aromatic rings. The molecule has 0 amide bonds. The molecule has 124 valence electrons. The number of nitrogens with one attached hydrogen (secondary N) is 1. The van der Waals surface area contributed by atoms with E-state index in [2.05, 4.69) is 10.2 Å². The summed E-state index contributed by atoms with van der Waals surface area (Å²) in [5.74, 6) is 0. The highest BCUT2D eigenvalue weighted by Gasteiger charge is 2.34. The zero-order chi connectivity index (χ0) is 16.2. The molecule has 1 heterocycles. The lowest BCUT2D eigenvalue weighted by molar-refractivity contribution is -0.137. The van der Waals surface area contributed by atoms with Crippen molar-refractivity contribution in [2.24, 2.45) is 0 Å². The van der Waals surface area contributed by atoms with E-state index in [1.54, 1.807) is 6.07 Å². The molecule has 1 aliphatic heterocycles. The van der Waals surface area contributed by atoms with Crippen LogP contribution in [0.5, 0.6) is 0 Å². The average molecular weight is 337 g/mol. The Bertz CT molecular complexity index is 490. The second-order valence-electron chi connectivity index (χ2n) is 5.40. The van der Waals surface area contributed by atoms with Crippen LogP contribution in [0.3, 0.4) is 0 Å². The zero-order valence-electron chi connectivity index (χ0n) is 12.2. The van der Waals surface area contributed by atoms with Gasteiger partial charge in [-0.2, -0.15) is 13.2 Å². The molecule has 3 nitrogen and oxygen atoms in total. The Labute approximate surface area is 133 Å². The molecule has 1 fully saturated rings. The van der Waals surface area contributed by atoms with Crippen molar-refractivity contribution in [2.45, 2.75) is 25.1 Å². The van der Waals surface area contributed by atoms with Crippen molar-refractivity contribution >= 4 is 11.6 Å². The minimum atomic E-state index is -4.46. The Morgan fingerprint density at radius 3 is 2.55 bits per heavy atom. The topological polar surface area (TPSA) is 35.5 Å². The summed E-state index contributed by atoms with van der Waals surface area (Å²) in [5.41, 5.74) is -0.192. The summed E-state index contributed by atoms with van der Waals surface area (Å²) in [4.78, 5) is 2.16. The molecule has 0 unspecified atom stereocenters. The molecule has 2 N–H and O–H groups in total. The van der Waals surface area contributed by atoms with Gasteiger partial charge in [0.05, 0.1) is 10.6 Å². The third kappa shape index (κ3) is 4.35. The van der Waals surface area contributed by atoms with E-state index in [0.29, 0.717) is 18.4 Å².